The van der Waals surface area contributed by atoms with Crippen LogP contribution in [-0.4, -0.2) is 59.1 Å². The van der Waals surface area contributed by atoms with Gasteiger partial charge in [0.1, 0.15) is 0 Å². The number of thioether (sulfide) groups is 3. The maximum atomic E-state index is 2.65. The second-order valence-corrected chi connectivity index (χ2v) is 12.5. The highest BCUT2D eigenvalue weighted by atomic mass is 32.2. The molecule has 3 aliphatic heterocycles. The maximum Gasteiger partial charge on any atom is 0.0493 e. The molecule has 5 unspecified atom stereocenters. The second-order valence-electron chi connectivity index (χ2n) is 9.09. The third-order valence-corrected chi connectivity index (χ3v) is 11.1. The smallest absolute Gasteiger partial charge is 0.0493 e. The van der Waals surface area contributed by atoms with Crippen molar-refractivity contribution in [2.75, 3.05) is 48.6 Å². The van der Waals surface area contributed by atoms with Gasteiger partial charge in [0.15, 0.2) is 0 Å². The molecule has 0 radical (unpaired) electrons. The Labute approximate surface area is 179 Å². The van der Waals surface area contributed by atoms with E-state index >= 15 is 0 Å². The molecule has 0 saturated carbocycles. The zero-order chi connectivity index (χ0) is 18.7. The summed E-state index contributed by atoms with van der Waals surface area (Å²) in [6.45, 7) is 0. The zero-order valence-electron chi connectivity index (χ0n) is 17.2. The van der Waals surface area contributed by atoms with Gasteiger partial charge in [-0.25, -0.2) is 0 Å². The lowest BCUT2D eigenvalue weighted by Gasteiger charge is -2.56. The Kier molecular flexibility index (Phi) is 7.33. The lowest BCUT2D eigenvalue weighted by atomic mass is 9.59. The summed E-state index contributed by atoms with van der Waals surface area (Å²) in [7, 11) is 4.76. The minimum absolute atomic E-state index is 0.238. The van der Waals surface area contributed by atoms with Crippen molar-refractivity contribution in [1.82, 2.24) is 4.90 Å². The Balaban J connectivity index is 1.72. The molecular weight excluding hydrogens is 386 g/mol. The Morgan fingerprint density at radius 2 is 1.59 bits per heavy atom. The van der Waals surface area contributed by atoms with E-state index in [0.29, 0.717) is 0 Å². The molecule has 0 aromatic rings. The molecule has 1 aliphatic carbocycles. The van der Waals surface area contributed by atoms with Crippen molar-refractivity contribution in [2.45, 2.75) is 44.1 Å². The largest absolute Gasteiger partial charge is 0.299 e. The molecular formula is C23H37NS3. The molecule has 0 aromatic carbocycles. The van der Waals surface area contributed by atoms with Crippen LogP contribution in [0.3, 0.4) is 0 Å². The van der Waals surface area contributed by atoms with E-state index in [4.69, 9.17) is 0 Å². The highest BCUT2D eigenvalue weighted by Crippen LogP contribution is 2.52. The van der Waals surface area contributed by atoms with Crippen molar-refractivity contribution in [1.29, 1.82) is 0 Å². The highest BCUT2D eigenvalue weighted by molar-refractivity contribution is 7.99. The van der Waals surface area contributed by atoms with Gasteiger partial charge in [0.2, 0.25) is 0 Å². The van der Waals surface area contributed by atoms with Crippen LogP contribution in [0.25, 0.3) is 0 Å². The van der Waals surface area contributed by atoms with Crippen LogP contribution in [0.5, 0.6) is 0 Å². The Hall–Kier alpha value is 0.490. The van der Waals surface area contributed by atoms with Crippen LogP contribution >= 0.6 is 35.3 Å². The molecule has 27 heavy (non-hydrogen) atoms. The standard InChI is InChI=1S/C23H37NS3/c1-24(2)23(20-9-6-14-27-17-20)11-3-10-21(18-7-4-12-25-15-18)22(23)19-8-5-13-26-16-19/h3,10-11,18-20,22H,4-9,12-17H2,1-2H3. The molecule has 4 heteroatoms. The third-order valence-electron chi connectivity index (χ3n) is 7.40. The first-order valence-corrected chi connectivity index (χ1v) is 14.5. The molecule has 1 nitrogen and oxygen atoms in total. The molecule has 0 spiro atoms. The lowest BCUT2D eigenvalue weighted by Crippen LogP contribution is -2.60. The highest BCUT2D eigenvalue weighted by Gasteiger charge is 2.51. The fourth-order valence-corrected chi connectivity index (χ4v) is 9.78. The third kappa shape index (κ3) is 4.20. The zero-order valence-corrected chi connectivity index (χ0v) is 19.6. The minimum atomic E-state index is 0.238. The van der Waals surface area contributed by atoms with E-state index in [0.717, 1.165) is 23.7 Å². The van der Waals surface area contributed by atoms with Gasteiger partial charge in [-0.3, -0.25) is 4.90 Å². The summed E-state index contributed by atoms with van der Waals surface area (Å²) >= 11 is 6.63. The molecule has 152 valence electrons. The van der Waals surface area contributed by atoms with Gasteiger partial charge < -0.3 is 0 Å². The normalized spacial score (nSPS) is 40.8. The topological polar surface area (TPSA) is 3.24 Å². The molecule has 0 N–H and O–H groups in total. The van der Waals surface area contributed by atoms with Crippen LogP contribution < -0.4 is 0 Å². The van der Waals surface area contributed by atoms with E-state index in [1.54, 1.807) is 0 Å². The van der Waals surface area contributed by atoms with Gasteiger partial charge >= 0.3 is 0 Å². The molecule has 0 aromatic heterocycles. The van der Waals surface area contributed by atoms with Gasteiger partial charge in [0, 0.05) is 11.5 Å². The number of allylic oxidation sites excluding steroid dienone is 2. The molecule has 3 fully saturated rings. The van der Waals surface area contributed by atoms with Crippen molar-refractivity contribution in [3.8, 4) is 0 Å². The summed E-state index contributed by atoms with van der Waals surface area (Å²) in [4.78, 5) is 2.65. The van der Waals surface area contributed by atoms with Crippen molar-refractivity contribution in [2.24, 2.45) is 23.7 Å². The molecule has 4 aliphatic rings. The van der Waals surface area contributed by atoms with Crippen molar-refractivity contribution in [3.05, 3.63) is 23.8 Å². The van der Waals surface area contributed by atoms with Crippen LogP contribution in [0.1, 0.15) is 38.5 Å². The average molecular weight is 424 g/mol. The molecule has 4 rings (SSSR count). The average Bonchev–Trinajstić information content (AvgIpc) is 2.75. The molecule has 0 bridgehead atoms. The van der Waals surface area contributed by atoms with Crippen LogP contribution in [0.2, 0.25) is 0 Å². The Morgan fingerprint density at radius 1 is 0.889 bits per heavy atom. The fraction of sp³-hybridized carbons (Fsp3) is 0.826. The summed E-state index contributed by atoms with van der Waals surface area (Å²) in [6.07, 6.45) is 16.2. The second kappa shape index (κ2) is 9.53. The number of hydrogen-bond acceptors (Lipinski definition) is 4. The number of nitrogens with zero attached hydrogens (tertiary/aromatic N) is 1. The summed E-state index contributed by atoms with van der Waals surface area (Å²) in [5.74, 6) is 11.4. The lowest BCUT2D eigenvalue weighted by molar-refractivity contribution is 0.0475. The first-order chi connectivity index (χ1) is 13.2. The first-order valence-electron chi connectivity index (χ1n) is 11.0. The predicted molar refractivity (Wildman–Crippen MR) is 127 cm³/mol. The van der Waals surface area contributed by atoms with E-state index in [-0.39, 0.29) is 5.54 Å². The number of likely N-dealkylation sites (N-methyl/N-ethyl adjacent to an activating group) is 1. The van der Waals surface area contributed by atoms with Gasteiger partial charge in [-0.05, 0) is 105 Å². The molecule has 3 saturated heterocycles. The Morgan fingerprint density at radius 3 is 2.19 bits per heavy atom. The molecule has 3 heterocycles. The van der Waals surface area contributed by atoms with Gasteiger partial charge in [-0.2, -0.15) is 35.3 Å². The number of hydrogen-bond donors (Lipinski definition) is 0. The van der Waals surface area contributed by atoms with E-state index in [2.05, 4.69) is 72.5 Å². The fourth-order valence-electron chi connectivity index (χ4n) is 6.15. The number of rotatable bonds is 4. The summed E-state index contributed by atoms with van der Waals surface area (Å²) in [5, 5.41) is 0. The van der Waals surface area contributed by atoms with Gasteiger partial charge in [-0.15, -0.1) is 0 Å². The molecule has 0 amide bonds. The first kappa shape index (κ1) is 20.8. The quantitative estimate of drug-likeness (QED) is 0.559. The van der Waals surface area contributed by atoms with E-state index in [1.807, 2.05) is 5.57 Å². The maximum absolute atomic E-state index is 2.65. The van der Waals surface area contributed by atoms with Crippen LogP contribution in [-0.2, 0) is 0 Å². The summed E-state index contributed by atoms with van der Waals surface area (Å²) < 4.78 is 0. The van der Waals surface area contributed by atoms with Gasteiger partial charge in [0.25, 0.3) is 0 Å². The van der Waals surface area contributed by atoms with Crippen molar-refractivity contribution in [3.63, 3.8) is 0 Å². The summed E-state index contributed by atoms with van der Waals surface area (Å²) in [6, 6.07) is 0. The van der Waals surface area contributed by atoms with Gasteiger partial charge in [0.05, 0.1) is 0 Å². The van der Waals surface area contributed by atoms with Crippen molar-refractivity contribution < 1.29 is 0 Å². The Bertz CT molecular complexity index is 540. The van der Waals surface area contributed by atoms with Crippen molar-refractivity contribution >= 4 is 35.3 Å². The van der Waals surface area contributed by atoms with E-state index in [9.17, 15) is 0 Å². The van der Waals surface area contributed by atoms with Crippen LogP contribution in [0.15, 0.2) is 23.8 Å². The van der Waals surface area contributed by atoms with Crippen LogP contribution in [0, 0.1) is 23.7 Å². The van der Waals surface area contributed by atoms with E-state index in [1.165, 1.54) is 73.0 Å². The predicted octanol–water partition coefficient (Wildman–Crippen LogP) is 5.83. The monoisotopic (exact) mass is 423 g/mol. The SMILES string of the molecule is CN(C)C1(C2CCCSC2)C=CC=C(C2CCCSC2)C1C1CCCSC1. The minimum Gasteiger partial charge on any atom is -0.299 e. The summed E-state index contributed by atoms with van der Waals surface area (Å²) in [5.41, 5.74) is 2.07. The molecule has 5 atom stereocenters. The van der Waals surface area contributed by atoms with Gasteiger partial charge in [-0.1, -0.05) is 23.8 Å². The van der Waals surface area contributed by atoms with Crippen LogP contribution in [0.4, 0.5) is 0 Å². The van der Waals surface area contributed by atoms with E-state index < -0.39 is 0 Å².